The second-order valence-corrected chi connectivity index (χ2v) is 4.59. The van der Waals surface area contributed by atoms with E-state index in [-0.39, 0.29) is 18.3 Å². The van der Waals surface area contributed by atoms with Gasteiger partial charge in [0.2, 0.25) is 0 Å². The fourth-order valence-electron chi connectivity index (χ4n) is 1.61. The standard InChI is InChI=1S/C13H18ClFO2/c1-9(17-2)6-7-10(16)8-11-12(14)4-3-5-13(11)15/h3-5,9-10,16H,6-8H2,1-2H3. The molecule has 2 nitrogen and oxygen atoms in total. The Kier molecular flexibility index (Phi) is 5.89. The molecule has 0 heterocycles. The van der Waals surface area contributed by atoms with Gasteiger partial charge in [0.05, 0.1) is 12.2 Å². The highest BCUT2D eigenvalue weighted by molar-refractivity contribution is 6.31. The van der Waals surface area contributed by atoms with E-state index in [0.29, 0.717) is 17.0 Å². The first-order chi connectivity index (χ1) is 8.04. The van der Waals surface area contributed by atoms with Gasteiger partial charge in [-0.25, -0.2) is 4.39 Å². The van der Waals surface area contributed by atoms with Crippen LogP contribution in [0.3, 0.4) is 0 Å². The van der Waals surface area contributed by atoms with Crippen LogP contribution in [0, 0.1) is 5.82 Å². The third-order valence-corrected chi connectivity index (χ3v) is 3.16. The zero-order chi connectivity index (χ0) is 12.8. The number of rotatable bonds is 6. The maximum atomic E-state index is 13.5. The summed E-state index contributed by atoms with van der Waals surface area (Å²) in [5, 5.41) is 10.2. The van der Waals surface area contributed by atoms with Crippen LogP contribution in [-0.4, -0.2) is 24.4 Å². The molecule has 0 saturated heterocycles. The van der Waals surface area contributed by atoms with Gasteiger partial charge >= 0.3 is 0 Å². The lowest BCUT2D eigenvalue weighted by atomic mass is 10.0. The first-order valence-corrected chi connectivity index (χ1v) is 6.06. The third kappa shape index (κ3) is 4.62. The van der Waals surface area contributed by atoms with E-state index in [9.17, 15) is 9.50 Å². The summed E-state index contributed by atoms with van der Waals surface area (Å²) in [6, 6.07) is 4.54. The summed E-state index contributed by atoms with van der Waals surface area (Å²) in [6.07, 6.45) is 1.05. The summed E-state index contributed by atoms with van der Waals surface area (Å²) < 4.78 is 18.5. The van der Waals surface area contributed by atoms with Gasteiger partial charge in [-0.2, -0.15) is 0 Å². The fraction of sp³-hybridized carbons (Fsp3) is 0.538. The van der Waals surface area contributed by atoms with Gasteiger partial charge in [-0.05, 0) is 31.9 Å². The van der Waals surface area contributed by atoms with Crippen LogP contribution in [0.1, 0.15) is 25.3 Å². The SMILES string of the molecule is COC(C)CCC(O)Cc1c(F)cccc1Cl. The van der Waals surface area contributed by atoms with Gasteiger partial charge in [-0.3, -0.25) is 0 Å². The summed E-state index contributed by atoms with van der Waals surface area (Å²) in [7, 11) is 1.63. The van der Waals surface area contributed by atoms with Crippen molar-refractivity contribution < 1.29 is 14.2 Å². The van der Waals surface area contributed by atoms with Gasteiger partial charge in [0.25, 0.3) is 0 Å². The first-order valence-electron chi connectivity index (χ1n) is 5.68. The van der Waals surface area contributed by atoms with Crippen LogP contribution in [0.25, 0.3) is 0 Å². The maximum absolute atomic E-state index is 13.5. The van der Waals surface area contributed by atoms with Crippen molar-refractivity contribution in [2.45, 2.75) is 38.4 Å². The van der Waals surface area contributed by atoms with Crippen molar-refractivity contribution in [3.05, 3.63) is 34.6 Å². The number of ether oxygens (including phenoxy) is 1. The molecule has 0 aliphatic heterocycles. The molecule has 0 radical (unpaired) electrons. The second-order valence-electron chi connectivity index (χ2n) is 4.18. The van der Waals surface area contributed by atoms with Crippen LogP contribution >= 0.6 is 11.6 Å². The number of aliphatic hydroxyl groups is 1. The number of hydrogen-bond donors (Lipinski definition) is 1. The average molecular weight is 261 g/mol. The van der Waals surface area contributed by atoms with Crippen molar-refractivity contribution in [2.75, 3.05) is 7.11 Å². The van der Waals surface area contributed by atoms with E-state index in [4.69, 9.17) is 16.3 Å². The van der Waals surface area contributed by atoms with Crippen molar-refractivity contribution >= 4 is 11.6 Å². The fourth-order valence-corrected chi connectivity index (χ4v) is 1.85. The molecule has 17 heavy (non-hydrogen) atoms. The van der Waals surface area contributed by atoms with Crippen molar-refractivity contribution in [3.8, 4) is 0 Å². The highest BCUT2D eigenvalue weighted by Crippen LogP contribution is 2.21. The number of methoxy groups -OCH3 is 1. The maximum Gasteiger partial charge on any atom is 0.127 e. The molecule has 1 aromatic rings. The smallest absolute Gasteiger partial charge is 0.127 e. The van der Waals surface area contributed by atoms with Crippen LogP contribution in [0.5, 0.6) is 0 Å². The summed E-state index contributed by atoms with van der Waals surface area (Å²) in [5.41, 5.74) is 0.381. The van der Waals surface area contributed by atoms with E-state index in [1.165, 1.54) is 6.07 Å². The molecule has 0 fully saturated rings. The molecule has 0 bridgehead atoms. The van der Waals surface area contributed by atoms with Crippen LogP contribution in [0.2, 0.25) is 5.02 Å². The Balaban J connectivity index is 2.53. The van der Waals surface area contributed by atoms with E-state index in [1.807, 2.05) is 6.92 Å². The molecule has 0 spiro atoms. The minimum atomic E-state index is -0.595. The Morgan fingerprint density at radius 3 is 2.71 bits per heavy atom. The lowest BCUT2D eigenvalue weighted by Crippen LogP contribution is -2.15. The Labute approximate surface area is 106 Å². The molecule has 2 atom stereocenters. The zero-order valence-corrected chi connectivity index (χ0v) is 10.9. The molecule has 96 valence electrons. The zero-order valence-electron chi connectivity index (χ0n) is 10.1. The lowest BCUT2D eigenvalue weighted by molar-refractivity contribution is 0.0849. The second kappa shape index (κ2) is 6.94. The highest BCUT2D eigenvalue weighted by atomic mass is 35.5. The minimum Gasteiger partial charge on any atom is -0.393 e. The minimum absolute atomic E-state index is 0.0979. The lowest BCUT2D eigenvalue weighted by Gasteiger charge is -2.15. The first kappa shape index (κ1) is 14.4. The summed E-state index contributed by atoms with van der Waals surface area (Å²) >= 11 is 5.89. The van der Waals surface area contributed by atoms with Crippen LogP contribution in [-0.2, 0) is 11.2 Å². The third-order valence-electron chi connectivity index (χ3n) is 2.81. The Hall–Kier alpha value is -0.640. The van der Waals surface area contributed by atoms with Crippen molar-refractivity contribution in [1.82, 2.24) is 0 Å². The molecule has 0 aliphatic carbocycles. The number of benzene rings is 1. The van der Waals surface area contributed by atoms with Crippen molar-refractivity contribution in [1.29, 1.82) is 0 Å². The molecule has 4 heteroatoms. The monoisotopic (exact) mass is 260 g/mol. The Morgan fingerprint density at radius 1 is 1.41 bits per heavy atom. The molecule has 1 N–H and O–H groups in total. The summed E-state index contributed by atoms with van der Waals surface area (Å²) in [5.74, 6) is -0.365. The molecule has 0 amide bonds. The number of aliphatic hydroxyl groups excluding tert-OH is 1. The van der Waals surface area contributed by atoms with E-state index in [1.54, 1.807) is 19.2 Å². The molecular weight excluding hydrogens is 243 g/mol. The molecule has 1 aromatic carbocycles. The number of hydrogen-bond acceptors (Lipinski definition) is 2. The van der Waals surface area contributed by atoms with Crippen LogP contribution < -0.4 is 0 Å². The van der Waals surface area contributed by atoms with Gasteiger partial charge in [0, 0.05) is 24.1 Å². The average Bonchev–Trinajstić information content (AvgIpc) is 2.31. The van der Waals surface area contributed by atoms with Gasteiger partial charge < -0.3 is 9.84 Å². The van der Waals surface area contributed by atoms with Gasteiger partial charge in [0.1, 0.15) is 5.82 Å². The molecular formula is C13H18ClFO2. The quantitative estimate of drug-likeness (QED) is 0.851. The molecule has 2 unspecified atom stereocenters. The summed E-state index contributed by atoms with van der Waals surface area (Å²) in [6.45, 7) is 1.93. The molecule has 1 rings (SSSR count). The van der Waals surface area contributed by atoms with E-state index < -0.39 is 6.10 Å². The highest BCUT2D eigenvalue weighted by Gasteiger charge is 2.13. The van der Waals surface area contributed by atoms with E-state index >= 15 is 0 Å². The van der Waals surface area contributed by atoms with E-state index in [2.05, 4.69) is 0 Å². The predicted octanol–water partition coefficient (Wildman–Crippen LogP) is 3.20. The normalized spacial score (nSPS) is 14.6. The predicted molar refractivity (Wildman–Crippen MR) is 66.8 cm³/mol. The van der Waals surface area contributed by atoms with Crippen LogP contribution in [0.4, 0.5) is 4.39 Å². The molecule has 0 saturated carbocycles. The van der Waals surface area contributed by atoms with Gasteiger partial charge in [0.15, 0.2) is 0 Å². The Bertz CT molecular complexity index is 337. The van der Waals surface area contributed by atoms with Gasteiger partial charge in [-0.1, -0.05) is 17.7 Å². The van der Waals surface area contributed by atoms with Crippen molar-refractivity contribution in [2.24, 2.45) is 0 Å². The Morgan fingerprint density at radius 2 is 2.12 bits per heavy atom. The van der Waals surface area contributed by atoms with E-state index in [0.717, 1.165) is 6.42 Å². The number of halogens is 2. The molecule has 0 aliphatic rings. The van der Waals surface area contributed by atoms with Crippen LogP contribution in [0.15, 0.2) is 18.2 Å². The largest absolute Gasteiger partial charge is 0.393 e. The van der Waals surface area contributed by atoms with Crippen molar-refractivity contribution in [3.63, 3.8) is 0 Å². The topological polar surface area (TPSA) is 29.5 Å². The van der Waals surface area contributed by atoms with Gasteiger partial charge in [-0.15, -0.1) is 0 Å². The molecule has 0 aromatic heterocycles. The summed E-state index contributed by atoms with van der Waals surface area (Å²) in [4.78, 5) is 0.